The normalized spacial score (nSPS) is 49.2. The van der Waals surface area contributed by atoms with Gasteiger partial charge >= 0.3 is 0 Å². The van der Waals surface area contributed by atoms with Gasteiger partial charge < -0.3 is 20.1 Å². The highest BCUT2D eigenvalue weighted by molar-refractivity contribution is 4.76. The average Bonchev–Trinajstić information content (AvgIpc) is 1.84. The number of aliphatic hydroxyl groups is 3. The second-order valence-corrected chi connectivity index (χ2v) is 2.60. The van der Waals surface area contributed by atoms with Gasteiger partial charge in [-0.25, -0.2) is 0 Å². The van der Waals surface area contributed by atoms with E-state index in [1.807, 2.05) is 0 Å². The first-order chi connectivity index (χ1) is 4.61. The van der Waals surface area contributed by atoms with Crippen molar-refractivity contribution >= 4 is 0 Å². The van der Waals surface area contributed by atoms with Gasteiger partial charge in [-0.15, -0.1) is 0 Å². The molecule has 0 aliphatic carbocycles. The molecular formula is C6H12O4. The molecule has 1 aliphatic rings. The summed E-state index contributed by atoms with van der Waals surface area (Å²) in [6, 6.07) is 0. The average molecular weight is 148 g/mol. The monoisotopic (exact) mass is 148 g/mol. The lowest BCUT2D eigenvalue weighted by Crippen LogP contribution is -2.45. The van der Waals surface area contributed by atoms with Crippen LogP contribution in [0.4, 0.5) is 0 Å². The highest BCUT2D eigenvalue weighted by atomic mass is 16.6. The Labute approximate surface area is 59.1 Å². The standard InChI is InChI=1S/C6H12O4/c1-3-4(7)2-5(8)6(9)10-3/h3-9H,2H2,1H3/t3-,4-,5-,6-/m1/s1. The van der Waals surface area contributed by atoms with Crippen LogP contribution in [-0.2, 0) is 4.74 Å². The number of ether oxygens (including phenoxy) is 1. The highest BCUT2D eigenvalue weighted by Crippen LogP contribution is 2.17. The van der Waals surface area contributed by atoms with Crippen molar-refractivity contribution in [3.05, 3.63) is 0 Å². The summed E-state index contributed by atoms with van der Waals surface area (Å²) in [4.78, 5) is 0. The van der Waals surface area contributed by atoms with Crippen LogP contribution in [0, 0.1) is 0 Å². The van der Waals surface area contributed by atoms with E-state index in [2.05, 4.69) is 0 Å². The zero-order chi connectivity index (χ0) is 7.72. The predicted octanol–water partition coefficient (Wildman–Crippen LogP) is -1.16. The van der Waals surface area contributed by atoms with E-state index in [1.165, 1.54) is 0 Å². The molecule has 1 fully saturated rings. The zero-order valence-corrected chi connectivity index (χ0v) is 5.77. The Morgan fingerprint density at radius 1 is 1.20 bits per heavy atom. The summed E-state index contributed by atoms with van der Waals surface area (Å²) in [5, 5.41) is 26.9. The number of aliphatic hydroxyl groups excluding tert-OH is 3. The van der Waals surface area contributed by atoms with Crippen LogP contribution in [0.25, 0.3) is 0 Å². The topological polar surface area (TPSA) is 69.9 Å². The first-order valence-electron chi connectivity index (χ1n) is 3.31. The van der Waals surface area contributed by atoms with E-state index < -0.39 is 24.6 Å². The molecule has 0 bridgehead atoms. The fourth-order valence-corrected chi connectivity index (χ4v) is 0.957. The third-order valence-electron chi connectivity index (χ3n) is 1.71. The van der Waals surface area contributed by atoms with Crippen LogP contribution in [0.15, 0.2) is 0 Å². The first-order valence-corrected chi connectivity index (χ1v) is 3.31. The molecule has 3 N–H and O–H groups in total. The van der Waals surface area contributed by atoms with Crippen molar-refractivity contribution in [2.24, 2.45) is 0 Å². The zero-order valence-electron chi connectivity index (χ0n) is 5.77. The van der Waals surface area contributed by atoms with Crippen molar-refractivity contribution in [1.82, 2.24) is 0 Å². The maximum atomic E-state index is 9.07. The molecule has 4 atom stereocenters. The maximum Gasteiger partial charge on any atom is 0.181 e. The van der Waals surface area contributed by atoms with Crippen LogP contribution in [-0.4, -0.2) is 39.9 Å². The van der Waals surface area contributed by atoms with E-state index in [1.54, 1.807) is 6.92 Å². The summed E-state index contributed by atoms with van der Waals surface area (Å²) in [6.45, 7) is 1.65. The van der Waals surface area contributed by atoms with E-state index in [0.717, 1.165) is 0 Å². The van der Waals surface area contributed by atoms with Crippen LogP contribution in [0.3, 0.4) is 0 Å². The molecule has 0 amide bonds. The van der Waals surface area contributed by atoms with Gasteiger partial charge in [0.2, 0.25) is 0 Å². The molecule has 0 saturated carbocycles. The Hall–Kier alpha value is -0.160. The fraction of sp³-hybridized carbons (Fsp3) is 1.00. The van der Waals surface area contributed by atoms with Crippen molar-refractivity contribution in [3.63, 3.8) is 0 Å². The lowest BCUT2D eigenvalue weighted by atomic mass is 10.0. The van der Waals surface area contributed by atoms with Crippen LogP contribution in [0.1, 0.15) is 13.3 Å². The molecule has 0 spiro atoms. The van der Waals surface area contributed by atoms with Gasteiger partial charge in [0.1, 0.15) is 6.10 Å². The summed E-state index contributed by atoms with van der Waals surface area (Å²) in [6.07, 6.45) is -2.97. The van der Waals surface area contributed by atoms with E-state index in [9.17, 15) is 0 Å². The number of hydrogen-bond donors (Lipinski definition) is 3. The minimum Gasteiger partial charge on any atom is -0.390 e. The quantitative estimate of drug-likeness (QED) is 0.405. The van der Waals surface area contributed by atoms with E-state index in [0.29, 0.717) is 0 Å². The van der Waals surface area contributed by atoms with Gasteiger partial charge in [-0.3, -0.25) is 0 Å². The Morgan fingerprint density at radius 3 is 2.30 bits per heavy atom. The van der Waals surface area contributed by atoms with Gasteiger partial charge in [-0.2, -0.15) is 0 Å². The molecular weight excluding hydrogens is 136 g/mol. The minimum atomic E-state index is -1.14. The lowest BCUT2D eigenvalue weighted by Gasteiger charge is -2.32. The predicted molar refractivity (Wildman–Crippen MR) is 33.2 cm³/mol. The van der Waals surface area contributed by atoms with Gasteiger partial charge in [0.15, 0.2) is 6.29 Å². The molecule has 60 valence electrons. The number of hydrogen-bond acceptors (Lipinski definition) is 4. The summed E-state index contributed by atoms with van der Waals surface area (Å²) in [5.74, 6) is 0. The van der Waals surface area contributed by atoms with Gasteiger partial charge in [-0.1, -0.05) is 0 Å². The second kappa shape index (κ2) is 2.84. The maximum absolute atomic E-state index is 9.07. The van der Waals surface area contributed by atoms with Gasteiger partial charge in [0, 0.05) is 6.42 Å². The summed E-state index contributed by atoms with van der Waals surface area (Å²) >= 11 is 0. The second-order valence-electron chi connectivity index (χ2n) is 2.60. The molecule has 1 heterocycles. The van der Waals surface area contributed by atoms with E-state index in [4.69, 9.17) is 20.1 Å². The molecule has 1 saturated heterocycles. The molecule has 1 rings (SSSR count). The molecule has 1 aliphatic heterocycles. The van der Waals surface area contributed by atoms with Gasteiger partial charge in [0.05, 0.1) is 12.2 Å². The molecule has 0 aromatic heterocycles. The Bertz CT molecular complexity index is 90.3. The summed E-state index contributed by atoms with van der Waals surface area (Å²) < 4.78 is 4.77. The fourth-order valence-electron chi connectivity index (χ4n) is 0.957. The van der Waals surface area contributed by atoms with Crippen LogP contribution in [0.2, 0.25) is 0 Å². The van der Waals surface area contributed by atoms with Crippen molar-refractivity contribution in [2.75, 3.05) is 0 Å². The van der Waals surface area contributed by atoms with Crippen LogP contribution in [0.5, 0.6) is 0 Å². The molecule has 0 aromatic rings. The van der Waals surface area contributed by atoms with Crippen LogP contribution < -0.4 is 0 Å². The molecule has 10 heavy (non-hydrogen) atoms. The van der Waals surface area contributed by atoms with Crippen molar-refractivity contribution in [1.29, 1.82) is 0 Å². The highest BCUT2D eigenvalue weighted by Gasteiger charge is 2.32. The molecule has 0 unspecified atom stereocenters. The minimum absolute atomic E-state index is 0.183. The summed E-state index contributed by atoms with van der Waals surface area (Å²) in [5.41, 5.74) is 0. The molecule has 4 heteroatoms. The van der Waals surface area contributed by atoms with Crippen molar-refractivity contribution in [3.8, 4) is 0 Å². The van der Waals surface area contributed by atoms with Crippen LogP contribution >= 0.6 is 0 Å². The SMILES string of the molecule is C[C@H]1O[C@@H](O)[C@H](O)C[C@H]1O. The molecule has 4 nitrogen and oxygen atoms in total. The molecule has 0 aromatic carbocycles. The van der Waals surface area contributed by atoms with Crippen molar-refractivity contribution < 1.29 is 20.1 Å². The lowest BCUT2D eigenvalue weighted by molar-refractivity contribution is -0.240. The Morgan fingerprint density at radius 2 is 1.80 bits per heavy atom. The van der Waals surface area contributed by atoms with E-state index in [-0.39, 0.29) is 6.42 Å². The van der Waals surface area contributed by atoms with Crippen molar-refractivity contribution in [2.45, 2.75) is 37.9 Å². The Balaban J connectivity index is 2.46. The molecule has 0 radical (unpaired) electrons. The first kappa shape index (κ1) is 7.94. The smallest absolute Gasteiger partial charge is 0.181 e. The third-order valence-corrected chi connectivity index (χ3v) is 1.71. The number of rotatable bonds is 0. The van der Waals surface area contributed by atoms with Gasteiger partial charge in [-0.05, 0) is 6.92 Å². The van der Waals surface area contributed by atoms with Gasteiger partial charge in [0.25, 0.3) is 0 Å². The third kappa shape index (κ3) is 1.46. The largest absolute Gasteiger partial charge is 0.390 e. The Kier molecular flexibility index (Phi) is 2.25. The summed E-state index contributed by atoms with van der Waals surface area (Å²) in [7, 11) is 0. The van der Waals surface area contributed by atoms with E-state index >= 15 is 0 Å².